The predicted molar refractivity (Wildman–Crippen MR) is 75.1 cm³/mol. The van der Waals surface area contributed by atoms with Crippen molar-refractivity contribution in [2.45, 2.75) is 25.0 Å². The molecule has 0 radical (unpaired) electrons. The Morgan fingerprint density at radius 2 is 2.05 bits per heavy atom. The summed E-state index contributed by atoms with van der Waals surface area (Å²) in [5, 5.41) is 8.93. The van der Waals surface area contributed by atoms with Crippen LogP contribution in [0.3, 0.4) is 0 Å². The van der Waals surface area contributed by atoms with Crippen molar-refractivity contribution in [1.29, 1.82) is 0 Å². The highest BCUT2D eigenvalue weighted by Gasteiger charge is 2.36. The van der Waals surface area contributed by atoms with Gasteiger partial charge in [0.2, 0.25) is 0 Å². The molecule has 1 saturated heterocycles. The van der Waals surface area contributed by atoms with Crippen molar-refractivity contribution in [3.05, 3.63) is 30.3 Å². The molecule has 1 aliphatic rings. The van der Waals surface area contributed by atoms with Gasteiger partial charge in [0.1, 0.15) is 5.75 Å². The Hall–Kier alpha value is -2.08. The molecule has 6 nitrogen and oxygen atoms in total. The molecule has 0 saturated carbocycles. The van der Waals surface area contributed by atoms with Crippen LogP contribution in [0.2, 0.25) is 0 Å². The Bertz CT molecular complexity index is 490. The van der Waals surface area contributed by atoms with Gasteiger partial charge in [0.05, 0.1) is 12.5 Å². The number of carboxylic acids is 1. The van der Waals surface area contributed by atoms with E-state index in [1.54, 1.807) is 24.1 Å². The first-order valence-corrected chi connectivity index (χ1v) is 6.82. The summed E-state index contributed by atoms with van der Waals surface area (Å²) in [5.41, 5.74) is 0. The second kappa shape index (κ2) is 7.08. The molecule has 1 aromatic rings. The summed E-state index contributed by atoms with van der Waals surface area (Å²) in [7, 11) is 1.57. The standard InChI is InChI=1S/C15H19NO5/c1-20-13-7-11(8-15(18)19)16(9-13)14(17)10-21-12-5-3-2-4-6-12/h2-6,11,13H,7-10H2,1H3,(H,18,19). The highest BCUT2D eigenvalue weighted by atomic mass is 16.5. The molecule has 1 amide bonds. The number of aliphatic carboxylic acids is 1. The number of carboxylic acid groups (broad SMARTS) is 1. The van der Waals surface area contributed by atoms with Crippen LogP contribution in [0.15, 0.2) is 30.3 Å². The number of hydrogen-bond donors (Lipinski definition) is 1. The number of methoxy groups -OCH3 is 1. The number of rotatable bonds is 6. The Morgan fingerprint density at radius 3 is 2.67 bits per heavy atom. The molecule has 1 heterocycles. The number of likely N-dealkylation sites (tertiary alicyclic amines) is 1. The lowest BCUT2D eigenvalue weighted by Gasteiger charge is -2.23. The number of benzene rings is 1. The molecule has 6 heteroatoms. The monoisotopic (exact) mass is 293 g/mol. The summed E-state index contributed by atoms with van der Waals surface area (Å²) < 4.78 is 10.7. The summed E-state index contributed by atoms with van der Waals surface area (Å²) in [6, 6.07) is 8.71. The minimum absolute atomic E-state index is 0.0725. The topological polar surface area (TPSA) is 76.1 Å². The number of carbonyl (C=O) groups excluding carboxylic acids is 1. The van der Waals surface area contributed by atoms with E-state index in [-0.39, 0.29) is 31.1 Å². The van der Waals surface area contributed by atoms with Crippen LogP contribution in [-0.4, -0.2) is 54.3 Å². The van der Waals surface area contributed by atoms with Gasteiger partial charge in [0, 0.05) is 19.7 Å². The van der Waals surface area contributed by atoms with Gasteiger partial charge >= 0.3 is 5.97 Å². The number of amides is 1. The van der Waals surface area contributed by atoms with Gasteiger partial charge in [-0.05, 0) is 18.6 Å². The van der Waals surface area contributed by atoms with Crippen LogP contribution < -0.4 is 4.74 Å². The number of hydrogen-bond acceptors (Lipinski definition) is 4. The smallest absolute Gasteiger partial charge is 0.305 e. The molecule has 2 rings (SSSR count). The second-order valence-corrected chi connectivity index (χ2v) is 4.99. The van der Waals surface area contributed by atoms with Crippen molar-refractivity contribution in [3.8, 4) is 5.75 Å². The zero-order chi connectivity index (χ0) is 15.2. The van der Waals surface area contributed by atoms with Crippen LogP contribution in [0.5, 0.6) is 5.75 Å². The summed E-state index contributed by atoms with van der Waals surface area (Å²) in [6.45, 7) is 0.308. The van der Waals surface area contributed by atoms with Gasteiger partial charge in [-0.3, -0.25) is 9.59 Å². The van der Waals surface area contributed by atoms with E-state index >= 15 is 0 Å². The second-order valence-electron chi connectivity index (χ2n) is 4.99. The first-order chi connectivity index (χ1) is 10.1. The van der Waals surface area contributed by atoms with Crippen molar-refractivity contribution in [2.24, 2.45) is 0 Å². The van der Waals surface area contributed by atoms with Crippen molar-refractivity contribution in [2.75, 3.05) is 20.3 Å². The van der Waals surface area contributed by atoms with Gasteiger partial charge in [-0.1, -0.05) is 18.2 Å². The fourth-order valence-electron chi connectivity index (χ4n) is 2.49. The molecule has 1 fully saturated rings. The minimum atomic E-state index is -0.918. The average molecular weight is 293 g/mol. The van der Waals surface area contributed by atoms with Gasteiger partial charge in [0.25, 0.3) is 5.91 Å². The highest BCUT2D eigenvalue weighted by Crippen LogP contribution is 2.23. The largest absolute Gasteiger partial charge is 0.484 e. The summed E-state index contributed by atoms with van der Waals surface area (Å²) in [6.07, 6.45) is 0.353. The van der Waals surface area contributed by atoms with E-state index in [4.69, 9.17) is 14.6 Å². The van der Waals surface area contributed by atoms with Crippen LogP contribution in [0.1, 0.15) is 12.8 Å². The maximum Gasteiger partial charge on any atom is 0.305 e. The van der Waals surface area contributed by atoms with Gasteiger partial charge in [-0.25, -0.2) is 0 Å². The van der Waals surface area contributed by atoms with Crippen LogP contribution in [0.25, 0.3) is 0 Å². The molecular formula is C15H19NO5. The molecule has 1 aliphatic heterocycles. The van der Waals surface area contributed by atoms with Crippen molar-refractivity contribution in [3.63, 3.8) is 0 Å². The maximum atomic E-state index is 12.2. The van der Waals surface area contributed by atoms with Gasteiger partial charge < -0.3 is 19.5 Å². The third-order valence-corrected chi connectivity index (χ3v) is 3.55. The van der Waals surface area contributed by atoms with Crippen LogP contribution >= 0.6 is 0 Å². The third kappa shape index (κ3) is 4.19. The van der Waals surface area contributed by atoms with Crippen molar-refractivity contribution in [1.82, 2.24) is 4.90 Å². The highest BCUT2D eigenvalue weighted by molar-refractivity contribution is 5.79. The molecular weight excluding hydrogens is 274 g/mol. The Morgan fingerprint density at radius 1 is 1.33 bits per heavy atom. The molecule has 0 bridgehead atoms. The molecule has 2 unspecified atom stereocenters. The summed E-state index contributed by atoms with van der Waals surface area (Å²) >= 11 is 0. The zero-order valence-corrected chi connectivity index (χ0v) is 11.9. The first kappa shape index (κ1) is 15.3. The fourth-order valence-corrected chi connectivity index (χ4v) is 2.49. The third-order valence-electron chi connectivity index (χ3n) is 3.55. The van der Waals surface area contributed by atoms with Gasteiger partial charge in [-0.2, -0.15) is 0 Å². The molecule has 0 aromatic heterocycles. The summed E-state index contributed by atoms with van der Waals surface area (Å²) in [5.74, 6) is -0.522. The van der Waals surface area contributed by atoms with Gasteiger partial charge in [-0.15, -0.1) is 0 Å². The normalized spacial score (nSPS) is 21.3. The molecule has 2 atom stereocenters. The van der Waals surface area contributed by atoms with Gasteiger partial charge in [0.15, 0.2) is 6.61 Å². The Kier molecular flexibility index (Phi) is 5.16. The van der Waals surface area contributed by atoms with E-state index in [1.165, 1.54) is 0 Å². The molecule has 0 aliphatic carbocycles. The van der Waals surface area contributed by atoms with Crippen molar-refractivity contribution >= 4 is 11.9 Å². The molecule has 1 N–H and O–H groups in total. The van der Waals surface area contributed by atoms with E-state index in [9.17, 15) is 9.59 Å². The van der Waals surface area contributed by atoms with Crippen LogP contribution in [-0.2, 0) is 14.3 Å². The number of carbonyl (C=O) groups is 2. The molecule has 114 valence electrons. The van der Waals surface area contributed by atoms with E-state index in [0.29, 0.717) is 18.7 Å². The summed E-state index contributed by atoms with van der Waals surface area (Å²) in [4.78, 5) is 24.7. The SMILES string of the molecule is COC1CC(CC(=O)O)N(C(=O)COc2ccccc2)C1. The van der Waals surface area contributed by atoms with E-state index in [0.717, 1.165) is 0 Å². The van der Waals surface area contributed by atoms with Crippen LogP contribution in [0, 0.1) is 0 Å². The number of para-hydroxylation sites is 1. The van der Waals surface area contributed by atoms with Crippen LogP contribution in [0.4, 0.5) is 0 Å². The van der Waals surface area contributed by atoms with E-state index < -0.39 is 5.97 Å². The lowest BCUT2D eigenvalue weighted by atomic mass is 10.1. The lowest BCUT2D eigenvalue weighted by molar-refractivity contribution is -0.140. The average Bonchev–Trinajstić information content (AvgIpc) is 2.88. The lowest BCUT2D eigenvalue weighted by Crippen LogP contribution is -2.40. The Balaban J connectivity index is 1.94. The molecule has 21 heavy (non-hydrogen) atoms. The zero-order valence-electron chi connectivity index (χ0n) is 11.9. The van der Waals surface area contributed by atoms with Crippen molar-refractivity contribution < 1.29 is 24.2 Å². The molecule has 1 aromatic carbocycles. The first-order valence-electron chi connectivity index (χ1n) is 6.82. The number of ether oxygens (including phenoxy) is 2. The number of nitrogens with zero attached hydrogens (tertiary/aromatic N) is 1. The van der Waals surface area contributed by atoms with E-state index in [2.05, 4.69) is 0 Å². The Labute approximate surface area is 123 Å². The molecule has 0 spiro atoms. The van der Waals surface area contributed by atoms with E-state index in [1.807, 2.05) is 18.2 Å². The predicted octanol–water partition coefficient (Wildman–Crippen LogP) is 1.16. The quantitative estimate of drug-likeness (QED) is 0.851. The fraction of sp³-hybridized carbons (Fsp3) is 0.467. The maximum absolute atomic E-state index is 12.2. The minimum Gasteiger partial charge on any atom is -0.484 e.